The summed E-state index contributed by atoms with van der Waals surface area (Å²) in [6.07, 6.45) is 6.63. The highest BCUT2D eigenvalue weighted by Crippen LogP contribution is 2.32. The molecule has 162 valence electrons. The average molecular weight is 442 g/mol. The molecule has 1 amide bonds. The fraction of sp³-hybridized carbons (Fsp3) is 0.273. The van der Waals surface area contributed by atoms with Crippen molar-refractivity contribution in [3.8, 4) is 11.5 Å². The zero-order valence-electron chi connectivity index (χ0n) is 16.8. The number of sulfonamides is 1. The number of benzene rings is 2. The summed E-state index contributed by atoms with van der Waals surface area (Å²) in [5, 5.41) is 2.71. The molecule has 0 radical (unpaired) electrons. The Labute approximate surface area is 181 Å². The second-order valence-electron chi connectivity index (χ2n) is 7.20. The number of hydrogen-bond acceptors (Lipinski definition) is 6. The van der Waals surface area contributed by atoms with Crippen molar-refractivity contribution in [1.82, 2.24) is 4.72 Å². The van der Waals surface area contributed by atoms with Crippen molar-refractivity contribution in [3.05, 3.63) is 54.1 Å². The standard InChI is InChI=1S/C22H23N3O5S/c26-22(12-6-16-5-11-19-20(14-16)30-15-29-19)24-17-7-9-18(10-8-17)31(27,28)25-21-4-2-1-3-13-23-21/h5-12,14H,1-4,13,15H2,(H,23,25)(H,24,26). The van der Waals surface area contributed by atoms with E-state index in [4.69, 9.17) is 9.47 Å². The van der Waals surface area contributed by atoms with Crippen LogP contribution in [0.5, 0.6) is 11.5 Å². The van der Waals surface area contributed by atoms with Gasteiger partial charge < -0.3 is 14.8 Å². The molecule has 31 heavy (non-hydrogen) atoms. The molecule has 2 aliphatic heterocycles. The van der Waals surface area contributed by atoms with E-state index in [1.54, 1.807) is 30.3 Å². The van der Waals surface area contributed by atoms with Crippen molar-refractivity contribution in [2.24, 2.45) is 4.99 Å². The van der Waals surface area contributed by atoms with Crippen LogP contribution in [0.4, 0.5) is 5.69 Å². The number of carbonyl (C=O) groups excluding carboxylic acids is 1. The Hall–Kier alpha value is -3.33. The second-order valence-corrected chi connectivity index (χ2v) is 8.89. The van der Waals surface area contributed by atoms with Crippen LogP contribution in [0.2, 0.25) is 0 Å². The van der Waals surface area contributed by atoms with Crippen LogP contribution in [-0.4, -0.2) is 33.5 Å². The number of carbonyl (C=O) groups is 1. The fourth-order valence-electron chi connectivity index (χ4n) is 3.26. The maximum atomic E-state index is 12.6. The molecule has 0 saturated carbocycles. The van der Waals surface area contributed by atoms with Crippen LogP contribution in [0.15, 0.2) is 58.4 Å². The number of aliphatic imine (C=N–C) groups is 1. The molecule has 0 unspecified atom stereocenters. The first-order valence-corrected chi connectivity index (χ1v) is 11.5. The number of amides is 1. The summed E-state index contributed by atoms with van der Waals surface area (Å²) >= 11 is 0. The van der Waals surface area contributed by atoms with Crippen LogP contribution in [0.25, 0.3) is 6.08 Å². The van der Waals surface area contributed by atoms with Gasteiger partial charge in [-0.05, 0) is 60.9 Å². The molecule has 0 saturated heterocycles. The van der Waals surface area contributed by atoms with Gasteiger partial charge in [-0.2, -0.15) is 0 Å². The number of ether oxygens (including phenoxy) is 2. The fourth-order valence-corrected chi connectivity index (χ4v) is 4.35. The van der Waals surface area contributed by atoms with E-state index in [1.165, 1.54) is 18.2 Å². The van der Waals surface area contributed by atoms with Gasteiger partial charge in [0, 0.05) is 24.7 Å². The Kier molecular flexibility index (Phi) is 6.22. The van der Waals surface area contributed by atoms with Crippen LogP contribution in [0.3, 0.4) is 0 Å². The maximum Gasteiger partial charge on any atom is 0.262 e. The summed E-state index contributed by atoms with van der Waals surface area (Å²) in [5.41, 5.74) is 1.29. The highest BCUT2D eigenvalue weighted by Gasteiger charge is 2.17. The van der Waals surface area contributed by atoms with Gasteiger partial charge in [-0.3, -0.25) is 14.5 Å². The smallest absolute Gasteiger partial charge is 0.262 e. The van der Waals surface area contributed by atoms with Gasteiger partial charge in [-0.15, -0.1) is 0 Å². The quantitative estimate of drug-likeness (QED) is 0.693. The van der Waals surface area contributed by atoms with Crippen LogP contribution < -0.4 is 19.5 Å². The van der Waals surface area contributed by atoms with Crippen LogP contribution in [0.1, 0.15) is 31.2 Å². The number of nitrogens with one attached hydrogen (secondary N) is 2. The first kappa shape index (κ1) is 20.9. The van der Waals surface area contributed by atoms with E-state index in [0.717, 1.165) is 24.8 Å². The number of nitrogens with zero attached hydrogens (tertiary/aromatic N) is 1. The van der Waals surface area contributed by atoms with Gasteiger partial charge in [0.25, 0.3) is 10.0 Å². The maximum absolute atomic E-state index is 12.6. The molecule has 2 aromatic rings. The highest BCUT2D eigenvalue weighted by atomic mass is 32.2. The summed E-state index contributed by atoms with van der Waals surface area (Å²) in [6.45, 7) is 0.834. The number of rotatable bonds is 5. The zero-order chi connectivity index (χ0) is 21.7. The van der Waals surface area contributed by atoms with Gasteiger partial charge in [0.15, 0.2) is 11.5 Å². The molecule has 2 N–H and O–H groups in total. The second kappa shape index (κ2) is 9.22. The Morgan fingerprint density at radius 2 is 1.81 bits per heavy atom. The Morgan fingerprint density at radius 3 is 2.65 bits per heavy atom. The predicted molar refractivity (Wildman–Crippen MR) is 118 cm³/mol. The van der Waals surface area contributed by atoms with E-state index in [1.807, 2.05) is 6.07 Å². The minimum atomic E-state index is -3.70. The van der Waals surface area contributed by atoms with Crippen LogP contribution >= 0.6 is 0 Å². The van der Waals surface area contributed by atoms with E-state index in [-0.39, 0.29) is 17.6 Å². The Balaban J connectivity index is 1.36. The molecule has 9 heteroatoms. The summed E-state index contributed by atoms with van der Waals surface area (Å²) in [4.78, 5) is 16.6. The van der Waals surface area contributed by atoms with Gasteiger partial charge in [0.1, 0.15) is 5.84 Å². The van der Waals surface area contributed by atoms with Crippen molar-refractivity contribution in [2.75, 3.05) is 18.7 Å². The Bertz CT molecular complexity index is 1120. The zero-order valence-corrected chi connectivity index (χ0v) is 17.7. The lowest BCUT2D eigenvalue weighted by Gasteiger charge is -2.10. The lowest BCUT2D eigenvalue weighted by Crippen LogP contribution is -2.30. The number of anilines is 1. The molecular weight excluding hydrogens is 418 g/mol. The van der Waals surface area contributed by atoms with Crippen LogP contribution in [0, 0.1) is 0 Å². The highest BCUT2D eigenvalue weighted by molar-refractivity contribution is 7.90. The SMILES string of the molecule is O=C(C=Cc1ccc2c(c1)OCO2)Nc1ccc(S(=O)(=O)NC2=NCCCCC2)cc1. The van der Waals surface area contributed by atoms with E-state index in [2.05, 4.69) is 15.0 Å². The largest absolute Gasteiger partial charge is 0.454 e. The third-order valence-electron chi connectivity index (χ3n) is 4.88. The lowest BCUT2D eigenvalue weighted by molar-refractivity contribution is -0.111. The lowest BCUT2D eigenvalue weighted by atomic mass is 10.2. The van der Waals surface area contributed by atoms with E-state index in [0.29, 0.717) is 36.0 Å². The normalized spacial score (nSPS) is 15.9. The first-order valence-electron chi connectivity index (χ1n) is 10.0. The van der Waals surface area contributed by atoms with E-state index < -0.39 is 10.0 Å². The molecule has 4 rings (SSSR count). The van der Waals surface area contributed by atoms with Crippen molar-refractivity contribution < 1.29 is 22.7 Å². The molecule has 0 aliphatic carbocycles. The Morgan fingerprint density at radius 1 is 1.00 bits per heavy atom. The van der Waals surface area contributed by atoms with E-state index >= 15 is 0 Å². The predicted octanol–water partition coefficient (Wildman–Crippen LogP) is 3.32. The van der Waals surface area contributed by atoms with E-state index in [9.17, 15) is 13.2 Å². The van der Waals surface area contributed by atoms with Gasteiger partial charge >= 0.3 is 0 Å². The minimum absolute atomic E-state index is 0.119. The van der Waals surface area contributed by atoms with Gasteiger partial charge in [0.2, 0.25) is 12.7 Å². The molecule has 0 fully saturated rings. The molecule has 0 aromatic heterocycles. The van der Waals surface area contributed by atoms with Gasteiger partial charge in [-0.1, -0.05) is 12.5 Å². The number of fused-ring (bicyclic) bond motifs is 1. The number of hydrogen-bond donors (Lipinski definition) is 2. The van der Waals surface area contributed by atoms with Crippen molar-refractivity contribution >= 4 is 33.5 Å². The topological polar surface area (TPSA) is 106 Å². The molecule has 2 heterocycles. The summed E-state index contributed by atoms with van der Waals surface area (Å²) in [5.74, 6) is 1.49. The molecule has 8 nitrogen and oxygen atoms in total. The van der Waals surface area contributed by atoms with Crippen molar-refractivity contribution in [1.29, 1.82) is 0 Å². The van der Waals surface area contributed by atoms with Crippen LogP contribution in [-0.2, 0) is 14.8 Å². The first-order chi connectivity index (χ1) is 15.0. The molecule has 0 atom stereocenters. The number of amidine groups is 1. The monoisotopic (exact) mass is 441 g/mol. The minimum Gasteiger partial charge on any atom is -0.454 e. The third kappa shape index (κ3) is 5.43. The molecule has 0 spiro atoms. The third-order valence-corrected chi connectivity index (χ3v) is 6.28. The molecule has 0 bridgehead atoms. The molecular formula is C22H23N3O5S. The average Bonchev–Trinajstić information content (AvgIpc) is 3.08. The van der Waals surface area contributed by atoms with Gasteiger partial charge in [-0.25, -0.2) is 8.42 Å². The van der Waals surface area contributed by atoms with Gasteiger partial charge in [0.05, 0.1) is 4.90 Å². The molecule has 2 aliphatic rings. The molecule has 2 aromatic carbocycles. The van der Waals surface area contributed by atoms with Crippen molar-refractivity contribution in [3.63, 3.8) is 0 Å². The summed E-state index contributed by atoms with van der Waals surface area (Å²) < 4.78 is 38.3. The van der Waals surface area contributed by atoms with Crippen molar-refractivity contribution in [2.45, 2.75) is 30.6 Å². The summed E-state index contributed by atoms with van der Waals surface area (Å²) in [7, 11) is -3.70. The summed E-state index contributed by atoms with van der Waals surface area (Å²) in [6, 6.07) is 11.4.